The second-order valence-electron chi connectivity index (χ2n) is 3.29. The first-order valence-corrected chi connectivity index (χ1v) is 5.22. The Morgan fingerprint density at radius 3 is 2.93 bits per heavy atom. The highest BCUT2D eigenvalue weighted by molar-refractivity contribution is 6.27. The number of para-hydroxylation sites is 1. The van der Waals surface area contributed by atoms with Gasteiger partial charge in [-0.25, -0.2) is 0 Å². The number of nitrogens with one attached hydrogen (secondary N) is 2. The quantitative estimate of drug-likeness (QED) is 0.767. The van der Waals surface area contributed by atoms with E-state index in [1.165, 1.54) is 0 Å². The molecule has 2 rings (SSSR count). The van der Waals surface area contributed by atoms with Gasteiger partial charge in [0.25, 0.3) is 0 Å². The highest BCUT2D eigenvalue weighted by Crippen LogP contribution is 2.14. The van der Waals surface area contributed by atoms with E-state index in [9.17, 15) is 4.79 Å². The molecule has 0 bridgehead atoms. The van der Waals surface area contributed by atoms with Crippen LogP contribution in [0, 0.1) is 0 Å². The van der Waals surface area contributed by atoms with Gasteiger partial charge in [0.15, 0.2) is 0 Å². The largest absolute Gasteiger partial charge is 0.357 e. The number of carbonyl (C=O) groups excluding carboxylic acids is 1. The van der Waals surface area contributed by atoms with Crippen LogP contribution in [0.15, 0.2) is 30.3 Å². The maximum atomic E-state index is 10.9. The summed E-state index contributed by atoms with van der Waals surface area (Å²) in [5.41, 5.74) is 2.06. The van der Waals surface area contributed by atoms with Gasteiger partial charge in [0.2, 0.25) is 5.91 Å². The molecule has 0 spiro atoms. The van der Waals surface area contributed by atoms with Gasteiger partial charge >= 0.3 is 0 Å². The summed E-state index contributed by atoms with van der Waals surface area (Å²) in [5.74, 6) is -0.157. The Morgan fingerprint density at radius 1 is 1.40 bits per heavy atom. The summed E-state index contributed by atoms with van der Waals surface area (Å²) >= 11 is 5.37. The predicted octanol–water partition coefficient (Wildman–Crippen LogP) is 2.02. The number of aromatic amines is 1. The molecule has 2 aromatic rings. The van der Waals surface area contributed by atoms with Crippen molar-refractivity contribution in [3.63, 3.8) is 0 Å². The van der Waals surface area contributed by atoms with E-state index in [-0.39, 0.29) is 11.8 Å². The van der Waals surface area contributed by atoms with Crippen LogP contribution in [0.5, 0.6) is 0 Å². The molecule has 0 aliphatic rings. The first-order valence-electron chi connectivity index (χ1n) is 4.69. The number of alkyl halides is 1. The number of fused-ring (bicyclic) bond motifs is 1. The Kier molecular flexibility index (Phi) is 2.92. The molecular weight excluding hydrogens is 212 g/mol. The van der Waals surface area contributed by atoms with Crippen LogP contribution in [0.2, 0.25) is 0 Å². The Bertz CT molecular complexity index is 445. The third-order valence-corrected chi connectivity index (χ3v) is 2.43. The molecule has 1 amide bonds. The smallest absolute Gasteiger partial charge is 0.235 e. The lowest BCUT2D eigenvalue weighted by molar-refractivity contribution is -0.118. The van der Waals surface area contributed by atoms with Gasteiger partial charge in [-0.05, 0) is 17.5 Å². The lowest BCUT2D eigenvalue weighted by Gasteiger charge is -1.99. The fraction of sp³-hybridized carbons (Fsp3) is 0.182. The summed E-state index contributed by atoms with van der Waals surface area (Å²) in [5, 5.41) is 3.85. The van der Waals surface area contributed by atoms with E-state index in [1.807, 2.05) is 30.3 Å². The van der Waals surface area contributed by atoms with Gasteiger partial charge < -0.3 is 10.3 Å². The molecule has 1 heterocycles. The van der Waals surface area contributed by atoms with Crippen LogP contribution in [0.4, 0.5) is 0 Å². The van der Waals surface area contributed by atoms with E-state index >= 15 is 0 Å². The average Bonchev–Trinajstić information content (AvgIpc) is 2.68. The number of aromatic nitrogens is 1. The molecular formula is C11H11ClN2O. The average molecular weight is 223 g/mol. The van der Waals surface area contributed by atoms with Crippen LogP contribution in [0.1, 0.15) is 5.69 Å². The van der Waals surface area contributed by atoms with Crippen LogP contribution in [0.25, 0.3) is 10.9 Å². The highest BCUT2D eigenvalue weighted by atomic mass is 35.5. The van der Waals surface area contributed by atoms with Gasteiger partial charge in [-0.15, -0.1) is 11.6 Å². The van der Waals surface area contributed by atoms with Gasteiger partial charge in [-0.3, -0.25) is 4.79 Å². The van der Waals surface area contributed by atoms with Gasteiger partial charge in [0.1, 0.15) is 5.88 Å². The number of carbonyl (C=O) groups is 1. The van der Waals surface area contributed by atoms with Crippen molar-refractivity contribution < 1.29 is 4.79 Å². The Morgan fingerprint density at radius 2 is 2.20 bits per heavy atom. The Labute approximate surface area is 92.4 Å². The first-order chi connectivity index (χ1) is 7.29. The molecule has 0 saturated carbocycles. The zero-order valence-electron chi connectivity index (χ0n) is 8.09. The third kappa shape index (κ3) is 2.30. The fourth-order valence-corrected chi connectivity index (χ4v) is 1.56. The number of rotatable bonds is 3. The van der Waals surface area contributed by atoms with E-state index < -0.39 is 0 Å². The van der Waals surface area contributed by atoms with Crippen molar-refractivity contribution in [2.24, 2.45) is 0 Å². The van der Waals surface area contributed by atoms with Gasteiger partial charge in [0.05, 0.1) is 6.54 Å². The highest BCUT2D eigenvalue weighted by Gasteiger charge is 2.01. The molecule has 0 fully saturated rings. The molecule has 78 valence electrons. The molecule has 0 unspecified atom stereocenters. The van der Waals surface area contributed by atoms with Gasteiger partial charge in [-0.2, -0.15) is 0 Å². The molecule has 0 atom stereocenters. The van der Waals surface area contributed by atoms with Crippen molar-refractivity contribution in [3.8, 4) is 0 Å². The number of benzene rings is 1. The molecule has 4 heteroatoms. The molecule has 2 N–H and O–H groups in total. The fourth-order valence-electron chi connectivity index (χ4n) is 1.47. The lowest BCUT2D eigenvalue weighted by atomic mass is 10.2. The predicted molar refractivity (Wildman–Crippen MR) is 60.9 cm³/mol. The zero-order valence-corrected chi connectivity index (χ0v) is 8.84. The summed E-state index contributed by atoms with van der Waals surface area (Å²) in [6, 6.07) is 10.0. The van der Waals surface area contributed by atoms with Crippen LogP contribution in [-0.2, 0) is 11.3 Å². The van der Waals surface area contributed by atoms with Crippen LogP contribution in [0.3, 0.4) is 0 Å². The third-order valence-electron chi connectivity index (χ3n) is 2.18. The van der Waals surface area contributed by atoms with Crippen molar-refractivity contribution >= 4 is 28.4 Å². The molecule has 3 nitrogen and oxygen atoms in total. The van der Waals surface area contributed by atoms with Crippen molar-refractivity contribution in [2.45, 2.75) is 6.54 Å². The van der Waals surface area contributed by atoms with E-state index in [1.54, 1.807) is 0 Å². The first kappa shape index (κ1) is 10.1. The van der Waals surface area contributed by atoms with Gasteiger partial charge in [-0.1, -0.05) is 18.2 Å². The Balaban J connectivity index is 2.12. The summed E-state index contributed by atoms with van der Waals surface area (Å²) in [4.78, 5) is 14.2. The second-order valence-corrected chi connectivity index (χ2v) is 3.56. The van der Waals surface area contributed by atoms with E-state index in [0.29, 0.717) is 6.54 Å². The maximum absolute atomic E-state index is 10.9. The van der Waals surface area contributed by atoms with E-state index in [0.717, 1.165) is 16.6 Å². The SMILES string of the molecule is O=C(CCl)NCc1cc2ccccc2[nH]1. The summed E-state index contributed by atoms with van der Waals surface area (Å²) in [7, 11) is 0. The summed E-state index contributed by atoms with van der Waals surface area (Å²) < 4.78 is 0. The maximum Gasteiger partial charge on any atom is 0.235 e. The molecule has 1 aromatic heterocycles. The zero-order chi connectivity index (χ0) is 10.7. The van der Waals surface area contributed by atoms with Gasteiger partial charge in [0, 0.05) is 11.2 Å². The molecule has 0 aliphatic carbocycles. The topological polar surface area (TPSA) is 44.9 Å². The minimum absolute atomic E-state index is 0.000227. The number of hydrogen-bond donors (Lipinski definition) is 2. The lowest BCUT2D eigenvalue weighted by Crippen LogP contribution is -2.23. The van der Waals surface area contributed by atoms with Crippen molar-refractivity contribution in [1.29, 1.82) is 0 Å². The van der Waals surface area contributed by atoms with E-state index in [2.05, 4.69) is 10.3 Å². The normalized spacial score (nSPS) is 10.5. The van der Waals surface area contributed by atoms with Crippen LogP contribution >= 0.6 is 11.6 Å². The monoisotopic (exact) mass is 222 g/mol. The number of H-pyrrole nitrogens is 1. The minimum Gasteiger partial charge on any atom is -0.357 e. The number of amides is 1. The summed E-state index contributed by atoms with van der Waals surface area (Å²) in [6.07, 6.45) is 0. The molecule has 0 saturated heterocycles. The van der Waals surface area contributed by atoms with Crippen molar-refractivity contribution in [3.05, 3.63) is 36.0 Å². The second kappa shape index (κ2) is 4.36. The molecule has 0 radical (unpaired) electrons. The van der Waals surface area contributed by atoms with Crippen molar-refractivity contribution in [1.82, 2.24) is 10.3 Å². The molecule has 0 aliphatic heterocycles. The van der Waals surface area contributed by atoms with Crippen molar-refractivity contribution in [2.75, 3.05) is 5.88 Å². The van der Waals surface area contributed by atoms with Crippen LogP contribution in [-0.4, -0.2) is 16.8 Å². The molecule has 1 aromatic carbocycles. The van der Waals surface area contributed by atoms with E-state index in [4.69, 9.17) is 11.6 Å². The minimum atomic E-state index is -0.157. The number of hydrogen-bond acceptors (Lipinski definition) is 1. The molecule has 15 heavy (non-hydrogen) atoms. The van der Waals surface area contributed by atoms with Crippen LogP contribution < -0.4 is 5.32 Å². The standard InChI is InChI=1S/C11H11ClN2O/c12-6-11(15)13-7-9-5-8-3-1-2-4-10(8)14-9/h1-5,14H,6-7H2,(H,13,15). The summed E-state index contributed by atoms with van der Waals surface area (Å²) in [6.45, 7) is 0.486. The number of halogens is 1. The Hall–Kier alpha value is -1.48.